The van der Waals surface area contributed by atoms with Gasteiger partial charge >= 0.3 is 0 Å². The zero-order chi connectivity index (χ0) is 16.2. The molecule has 0 unspecified atom stereocenters. The highest BCUT2D eigenvalue weighted by atomic mass is 32.1. The lowest BCUT2D eigenvalue weighted by atomic mass is 10.3. The van der Waals surface area contributed by atoms with E-state index in [0.29, 0.717) is 22.1 Å². The van der Waals surface area contributed by atoms with Gasteiger partial charge in [0.1, 0.15) is 16.4 Å². The van der Waals surface area contributed by atoms with E-state index >= 15 is 0 Å². The largest absolute Gasteiger partial charge is 0.484 e. The van der Waals surface area contributed by atoms with Gasteiger partial charge in [-0.2, -0.15) is 0 Å². The minimum Gasteiger partial charge on any atom is -0.484 e. The van der Waals surface area contributed by atoms with Crippen LogP contribution in [0.2, 0.25) is 0 Å². The number of fused-ring (bicyclic) bond motifs is 1. The van der Waals surface area contributed by atoms with Crippen molar-refractivity contribution < 1.29 is 9.53 Å². The van der Waals surface area contributed by atoms with E-state index in [1.165, 1.54) is 11.3 Å². The second-order valence-corrected chi connectivity index (χ2v) is 6.44. The first-order chi connectivity index (χ1) is 11.2. The summed E-state index contributed by atoms with van der Waals surface area (Å²) in [4.78, 5) is 22.4. The van der Waals surface area contributed by atoms with Gasteiger partial charge in [-0.1, -0.05) is 29.5 Å². The highest BCUT2D eigenvalue weighted by Gasteiger charge is 2.16. The molecule has 7 heteroatoms. The molecule has 1 N–H and O–H groups in total. The molecule has 2 aromatic heterocycles. The number of nitrogens with one attached hydrogen (secondary N) is 1. The van der Waals surface area contributed by atoms with E-state index in [1.54, 1.807) is 4.90 Å². The third kappa shape index (κ3) is 3.57. The van der Waals surface area contributed by atoms with Crippen molar-refractivity contribution in [1.82, 2.24) is 9.97 Å². The molecule has 0 bridgehead atoms. The number of aromatic amines is 1. The van der Waals surface area contributed by atoms with Crippen LogP contribution in [0.4, 0.5) is 5.82 Å². The number of para-hydroxylation sites is 1. The van der Waals surface area contributed by atoms with Crippen LogP contribution in [0, 0.1) is 3.95 Å². The molecule has 3 aromatic rings. The molecular weight excluding hydrogens is 330 g/mol. The number of amides is 1. The van der Waals surface area contributed by atoms with Gasteiger partial charge in [-0.05, 0) is 43.4 Å². The van der Waals surface area contributed by atoms with Gasteiger partial charge in [0, 0.05) is 6.54 Å². The van der Waals surface area contributed by atoms with Crippen molar-refractivity contribution in [3.63, 3.8) is 0 Å². The summed E-state index contributed by atoms with van der Waals surface area (Å²) in [6.07, 6.45) is 0. The molecule has 0 saturated carbocycles. The Hall–Kier alpha value is -2.25. The number of hydrogen-bond acceptors (Lipinski definition) is 5. The summed E-state index contributed by atoms with van der Waals surface area (Å²) in [5, 5.41) is 0. The van der Waals surface area contributed by atoms with E-state index in [2.05, 4.69) is 9.97 Å². The van der Waals surface area contributed by atoms with Crippen LogP contribution in [0.15, 0.2) is 42.5 Å². The Morgan fingerprint density at radius 1 is 1.30 bits per heavy atom. The molecule has 118 valence electrons. The summed E-state index contributed by atoms with van der Waals surface area (Å²) < 4.78 is 6.20. The number of hydrogen-bond donors (Lipinski definition) is 1. The lowest BCUT2D eigenvalue weighted by Crippen LogP contribution is -2.35. The Morgan fingerprint density at radius 2 is 2.09 bits per heavy atom. The molecule has 0 saturated heterocycles. The SMILES string of the molecule is CCN(C(=O)COc1ccccc1)c1ccc2[nH]c(=S)sc2n1. The lowest BCUT2D eigenvalue weighted by molar-refractivity contribution is -0.120. The number of H-pyrrole nitrogens is 1. The number of thiazole rings is 1. The van der Waals surface area contributed by atoms with Gasteiger partial charge < -0.3 is 9.72 Å². The number of carbonyl (C=O) groups excluding carboxylic acids is 1. The highest BCUT2D eigenvalue weighted by molar-refractivity contribution is 7.73. The van der Waals surface area contributed by atoms with Crippen LogP contribution >= 0.6 is 23.6 Å². The monoisotopic (exact) mass is 345 g/mol. The van der Waals surface area contributed by atoms with Crippen molar-refractivity contribution >= 4 is 45.6 Å². The van der Waals surface area contributed by atoms with E-state index in [-0.39, 0.29) is 12.5 Å². The number of nitrogens with zero attached hydrogens (tertiary/aromatic N) is 2. The normalized spacial score (nSPS) is 10.7. The van der Waals surface area contributed by atoms with Crippen LogP contribution in [0.5, 0.6) is 5.75 Å². The molecular formula is C16H15N3O2S2. The maximum atomic E-state index is 12.4. The second kappa shape index (κ2) is 6.89. The zero-order valence-electron chi connectivity index (χ0n) is 12.5. The van der Waals surface area contributed by atoms with Crippen LogP contribution < -0.4 is 9.64 Å². The summed E-state index contributed by atoms with van der Waals surface area (Å²) in [7, 11) is 0. The molecule has 0 atom stereocenters. The summed E-state index contributed by atoms with van der Waals surface area (Å²) >= 11 is 6.52. The Morgan fingerprint density at radius 3 is 2.83 bits per heavy atom. The van der Waals surface area contributed by atoms with Crippen molar-refractivity contribution in [1.29, 1.82) is 0 Å². The number of aromatic nitrogens is 2. The van der Waals surface area contributed by atoms with Crippen molar-refractivity contribution in [2.45, 2.75) is 6.92 Å². The molecule has 23 heavy (non-hydrogen) atoms. The molecule has 3 rings (SSSR count). The van der Waals surface area contributed by atoms with Crippen molar-refractivity contribution in [3.8, 4) is 5.75 Å². The minimum absolute atomic E-state index is 0.0274. The number of anilines is 1. The average molecular weight is 345 g/mol. The van der Waals surface area contributed by atoms with Gasteiger partial charge in [-0.15, -0.1) is 0 Å². The van der Waals surface area contributed by atoms with Gasteiger partial charge in [-0.3, -0.25) is 9.69 Å². The highest BCUT2D eigenvalue weighted by Crippen LogP contribution is 2.21. The molecule has 1 amide bonds. The van der Waals surface area contributed by atoms with Gasteiger partial charge in [-0.25, -0.2) is 4.98 Å². The predicted molar refractivity (Wildman–Crippen MR) is 94.8 cm³/mol. The summed E-state index contributed by atoms with van der Waals surface area (Å²) in [6.45, 7) is 2.40. The number of likely N-dealkylation sites (N-methyl/N-ethyl adjacent to an activating group) is 1. The lowest BCUT2D eigenvalue weighted by Gasteiger charge is -2.20. The summed E-state index contributed by atoms with van der Waals surface area (Å²) in [6, 6.07) is 13.0. The van der Waals surface area contributed by atoms with Gasteiger partial charge in [0.15, 0.2) is 10.6 Å². The molecule has 2 heterocycles. The molecule has 0 radical (unpaired) electrons. The van der Waals surface area contributed by atoms with Gasteiger partial charge in [0.25, 0.3) is 5.91 Å². The maximum Gasteiger partial charge on any atom is 0.266 e. The van der Waals surface area contributed by atoms with Crippen LogP contribution in [0.3, 0.4) is 0 Å². The Labute approximate surface area is 142 Å². The van der Waals surface area contributed by atoms with E-state index in [0.717, 1.165) is 10.3 Å². The summed E-state index contributed by atoms with van der Waals surface area (Å²) in [5.74, 6) is 1.14. The standard InChI is InChI=1S/C16H15N3O2S2/c1-2-19(14(20)10-21-11-6-4-3-5-7-11)13-9-8-12-15(18-13)23-16(22)17-12/h3-9H,2,10H2,1H3,(H,17,22). The topological polar surface area (TPSA) is 58.2 Å². The van der Waals surface area contributed by atoms with Crippen LogP contribution in [0.25, 0.3) is 10.3 Å². The fourth-order valence-corrected chi connectivity index (χ4v) is 3.23. The molecule has 0 fully saturated rings. The molecule has 5 nitrogen and oxygen atoms in total. The third-order valence-electron chi connectivity index (χ3n) is 3.27. The first kappa shape index (κ1) is 15.6. The Balaban J connectivity index is 1.77. The third-order valence-corrected chi connectivity index (χ3v) is 4.42. The zero-order valence-corrected chi connectivity index (χ0v) is 14.1. The predicted octanol–water partition coefficient (Wildman–Crippen LogP) is 3.79. The van der Waals surface area contributed by atoms with E-state index in [1.807, 2.05) is 49.4 Å². The minimum atomic E-state index is -0.137. The number of ether oxygens (including phenoxy) is 1. The number of carbonyl (C=O) groups is 1. The Kier molecular flexibility index (Phi) is 4.68. The number of pyridine rings is 1. The van der Waals surface area contributed by atoms with Crippen molar-refractivity contribution in [2.75, 3.05) is 18.1 Å². The van der Waals surface area contributed by atoms with Crippen LogP contribution in [0.1, 0.15) is 6.92 Å². The molecule has 0 aliphatic carbocycles. The first-order valence-corrected chi connectivity index (χ1v) is 8.38. The molecule has 0 aliphatic heterocycles. The molecule has 0 spiro atoms. The second-order valence-electron chi connectivity index (χ2n) is 4.78. The quantitative estimate of drug-likeness (QED) is 0.715. The fraction of sp³-hybridized carbons (Fsp3) is 0.188. The summed E-state index contributed by atoms with van der Waals surface area (Å²) in [5.41, 5.74) is 0.882. The first-order valence-electron chi connectivity index (χ1n) is 7.15. The van der Waals surface area contributed by atoms with Gasteiger partial charge in [0.2, 0.25) is 0 Å². The molecule has 0 aliphatic rings. The van der Waals surface area contributed by atoms with Crippen LogP contribution in [-0.4, -0.2) is 29.0 Å². The van der Waals surface area contributed by atoms with Gasteiger partial charge in [0.05, 0.1) is 5.52 Å². The van der Waals surface area contributed by atoms with E-state index in [9.17, 15) is 4.79 Å². The van der Waals surface area contributed by atoms with Crippen LogP contribution in [-0.2, 0) is 4.79 Å². The fourth-order valence-electron chi connectivity index (χ4n) is 2.18. The number of rotatable bonds is 5. The Bertz CT molecular complexity index is 874. The van der Waals surface area contributed by atoms with E-state index < -0.39 is 0 Å². The van der Waals surface area contributed by atoms with Crippen molar-refractivity contribution in [2.24, 2.45) is 0 Å². The van der Waals surface area contributed by atoms with E-state index in [4.69, 9.17) is 17.0 Å². The van der Waals surface area contributed by atoms with Crippen molar-refractivity contribution in [3.05, 3.63) is 46.4 Å². The smallest absolute Gasteiger partial charge is 0.266 e. The molecule has 1 aromatic carbocycles. The average Bonchev–Trinajstić information content (AvgIpc) is 2.94. The maximum absolute atomic E-state index is 12.4. The number of benzene rings is 1.